The number of carboxylic acids is 1. The van der Waals surface area contributed by atoms with Gasteiger partial charge in [-0.1, -0.05) is 0 Å². The Bertz CT molecular complexity index is 330. The number of carboxylic acid groups (broad SMARTS) is 1. The highest BCUT2D eigenvalue weighted by Gasteiger charge is 2.38. The molecule has 1 aliphatic carbocycles. The number of amides is 1. The predicted molar refractivity (Wildman–Crippen MR) is 64.1 cm³/mol. The van der Waals surface area contributed by atoms with Crippen LogP contribution >= 0.6 is 0 Å². The van der Waals surface area contributed by atoms with Gasteiger partial charge in [0.2, 0.25) is 5.91 Å². The van der Waals surface area contributed by atoms with Gasteiger partial charge >= 0.3 is 5.97 Å². The third-order valence-corrected chi connectivity index (χ3v) is 3.58. The molecule has 0 aromatic rings. The monoisotopic (exact) mass is 256 g/mol. The molecule has 2 atom stereocenters. The molecule has 0 radical (unpaired) electrons. The van der Waals surface area contributed by atoms with Gasteiger partial charge in [-0.25, -0.2) is 0 Å². The van der Waals surface area contributed by atoms with Gasteiger partial charge in [0, 0.05) is 12.6 Å². The summed E-state index contributed by atoms with van der Waals surface area (Å²) in [7, 11) is 1.79. The Balaban J connectivity index is 1.98. The fourth-order valence-corrected chi connectivity index (χ4v) is 2.32. The van der Waals surface area contributed by atoms with E-state index in [1.54, 1.807) is 7.05 Å². The number of rotatable bonds is 6. The molecule has 18 heavy (non-hydrogen) atoms. The van der Waals surface area contributed by atoms with Crippen LogP contribution in [-0.2, 0) is 14.3 Å². The van der Waals surface area contributed by atoms with Crippen molar-refractivity contribution in [2.75, 3.05) is 33.4 Å². The van der Waals surface area contributed by atoms with E-state index in [-0.39, 0.29) is 24.4 Å². The smallest absolute Gasteiger partial charge is 0.323 e. The average Bonchev–Trinajstić information content (AvgIpc) is 3.01. The third kappa shape index (κ3) is 3.20. The quantitative estimate of drug-likeness (QED) is 0.672. The van der Waals surface area contributed by atoms with E-state index in [0.717, 1.165) is 12.8 Å². The van der Waals surface area contributed by atoms with E-state index < -0.39 is 5.97 Å². The lowest BCUT2D eigenvalue weighted by Gasteiger charge is -2.26. The summed E-state index contributed by atoms with van der Waals surface area (Å²) in [6.07, 6.45) is 2.19. The number of ether oxygens (including phenoxy) is 1. The van der Waals surface area contributed by atoms with Crippen molar-refractivity contribution in [2.24, 2.45) is 11.8 Å². The summed E-state index contributed by atoms with van der Waals surface area (Å²) in [6.45, 7) is 1.25. The van der Waals surface area contributed by atoms with Crippen LogP contribution in [-0.4, -0.2) is 61.3 Å². The van der Waals surface area contributed by atoms with Crippen molar-refractivity contribution in [1.29, 1.82) is 0 Å². The van der Waals surface area contributed by atoms with Crippen LogP contribution in [0.15, 0.2) is 0 Å². The van der Waals surface area contributed by atoms with Gasteiger partial charge in [-0.05, 0) is 25.8 Å². The van der Waals surface area contributed by atoms with Gasteiger partial charge in [-0.2, -0.15) is 0 Å². The highest BCUT2D eigenvalue weighted by molar-refractivity contribution is 5.84. The second kappa shape index (κ2) is 5.67. The Labute approximate surface area is 106 Å². The molecule has 0 bridgehead atoms. The molecule has 1 saturated heterocycles. The molecule has 102 valence electrons. The molecule has 0 aromatic carbocycles. The Kier molecular flexibility index (Phi) is 4.19. The molecule has 0 aromatic heterocycles. The predicted octanol–water partition coefficient (Wildman–Crippen LogP) is -0.456. The van der Waals surface area contributed by atoms with E-state index in [0.29, 0.717) is 25.7 Å². The third-order valence-electron chi connectivity index (χ3n) is 3.58. The number of hydrogen-bond acceptors (Lipinski definition) is 4. The molecule has 6 nitrogen and oxygen atoms in total. The van der Waals surface area contributed by atoms with E-state index in [1.165, 1.54) is 4.90 Å². The summed E-state index contributed by atoms with van der Waals surface area (Å²) < 4.78 is 5.30. The van der Waals surface area contributed by atoms with Crippen molar-refractivity contribution in [2.45, 2.75) is 18.9 Å². The van der Waals surface area contributed by atoms with Crippen LogP contribution in [0.5, 0.6) is 0 Å². The van der Waals surface area contributed by atoms with Crippen molar-refractivity contribution < 1.29 is 19.4 Å². The normalized spacial score (nSPS) is 27.2. The van der Waals surface area contributed by atoms with Crippen molar-refractivity contribution in [3.05, 3.63) is 0 Å². The topological polar surface area (TPSA) is 78.9 Å². The van der Waals surface area contributed by atoms with E-state index in [4.69, 9.17) is 9.84 Å². The van der Waals surface area contributed by atoms with Gasteiger partial charge in [0.1, 0.15) is 6.54 Å². The molecule has 1 saturated carbocycles. The maximum Gasteiger partial charge on any atom is 0.323 e. The molecule has 2 rings (SSSR count). The van der Waals surface area contributed by atoms with Gasteiger partial charge in [0.15, 0.2) is 0 Å². The Hall–Kier alpha value is -1.14. The fourth-order valence-electron chi connectivity index (χ4n) is 2.32. The first-order chi connectivity index (χ1) is 8.61. The van der Waals surface area contributed by atoms with Crippen molar-refractivity contribution in [1.82, 2.24) is 10.2 Å². The first kappa shape index (κ1) is 13.3. The fraction of sp³-hybridized carbons (Fsp3) is 0.833. The van der Waals surface area contributed by atoms with Crippen LogP contribution in [0.1, 0.15) is 12.8 Å². The minimum atomic E-state index is -0.955. The number of nitrogens with one attached hydrogen (secondary N) is 1. The summed E-state index contributed by atoms with van der Waals surface area (Å²) in [5.74, 6) is -0.818. The van der Waals surface area contributed by atoms with Crippen LogP contribution in [0.25, 0.3) is 0 Å². The summed E-state index contributed by atoms with van der Waals surface area (Å²) in [5, 5.41) is 11.9. The molecule has 0 spiro atoms. The van der Waals surface area contributed by atoms with Gasteiger partial charge < -0.3 is 20.1 Å². The number of carbonyl (C=O) groups is 2. The van der Waals surface area contributed by atoms with Crippen molar-refractivity contribution in [3.8, 4) is 0 Å². The Morgan fingerprint density at radius 1 is 1.39 bits per heavy atom. The molecular weight excluding hydrogens is 236 g/mol. The van der Waals surface area contributed by atoms with Gasteiger partial charge in [-0.15, -0.1) is 0 Å². The van der Waals surface area contributed by atoms with Crippen molar-refractivity contribution in [3.63, 3.8) is 0 Å². The van der Waals surface area contributed by atoms with Gasteiger partial charge in [-0.3, -0.25) is 9.59 Å². The summed E-state index contributed by atoms with van der Waals surface area (Å²) in [5.41, 5.74) is 0. The van der Waals surface area contributed by atoms with Crippen LogP contribution in [0.4, 0.5) is 0 Å². The lowest BCUT2D eigenvalue weighted by Crippen LogP contribution is -2.47. The van der Waals surface area contributed by atoms with Crippen molar-refractivity contribution >= 4 is 11.9 Å². The van der Waals surface area contributed by atoms with Gasteiger partial charge in [0.25, 0.3) is 0 Å². The second-order valence-electron chi connectivity index (χ2n) is 5.09. The Morgan fingerprint density at radius 3 is 2.67 bits per heavy atom. The summed E-state index contributed by atoms with van der Waals surface area (Å²) in [4.78, 5) is 24.7. The minimum absolute atomic E-state index is 0.00648. The molecule has 2 unspecified atom stereocenters. The van der Waals surface area contributed by atoms with E-state index in [2.05, 4.69) is 5.32 Å². The SMILES string of the molecule is CNC1COCC1C(=O)N(CC(=O)O)CC1CC1. The molecule has 1 heterocycles. The molecule has 1 aliphatic heterocycles. The number of aliphatic carboxylic acids is 1. The Morgan fingerprint density at radius 2 is 2.11 bits per heavy atom. The summed E-state index contributed by atoms with van der Waals surface area (Å²) >= 11 is 0. The molecule has 2 N–H and O–H groups in total. The number of hydrogen-bond donors (Lipinski definition) is 2. The van der Waals surface area contributed by atoms with Crippen LogP contribution in [0.2, 0.25) is 0 Å². The zero-order valence-corrected chi connectivity index (χ0v) is 10.6. The number of nitrogens with zero attached hydrogens (tertiary/aromatic N) is 1. The second-order valence-corrected chi connectivity index (χ2v) is 5.09. The maximum atomic E-state index is 12.4. The van der Waals surface area contributed by atoms with Crippen LogP contribution in [0.3, 0.4) is 0 Å². The van der Waals surface area contributed by atoms with E-state index in [9.17, 15) is 9.59 Å². The zero-order valence-electron chi connectivity index (χ0n) is 10.6. The largest absolute Gasteiger partial charge is 0.480 e. The van der Waals surface area contributed by atoms with Crippen LogP contribution < -0.4 is 5.32 Å². The minimum Gasteiger partial charge on any atom is -0.480 e. The lowest BCUT2D eigenvalue weighted by atomic mass is 10.0. The lowest BCUT2D eigenvalue weighted by molar-refractivity contribution is -0.146. The summed E-state index contributed by atoms with van der Waals surface area (Å²) in [6, 6.07) is -0.00648. The molecule has 2 aliphatic rings. The highest BCUT2D eigenvalue weighted by atomic mass is 16.5. The first-order valence-electron chi connectivity index (χ1n) is 6.37. The average molecular weight is 256 g/mol. The zero-order chi connectivity index (χ0) is 13.1. The van der Waals surface area contributed by atoms with E-state index >= 15 is 0 Å². The van der Waals surface area contributed by atoms with Crippen LogP contribution in [0, 0.1) is 11.8 Å². The molecule has 2 fully saturated rings. The number of likely N-dealkylation sites (N-methyl/N-ethyl adjacent to an activating group) is 1. The molecule has 1 amide bonds. The first-order valence-corrected chi connectivity index (χ1v) is 6.37. The highest BCUT2D eigenvalue weighted by Crippen LogP contribution is 2.30. The van der Waals surface area contributed by atoms with E-state index in [1.807, 2.05) is 0 Å². The molecular formula is C12H20N2O4. The maximum absolute atomic E-state index is 12.4. The number of carbonyl (C=O) groups excluding carboxylic acids is 1. The molecule has 6 heteroatoms. The van der Waals surface area contributed by atoms with Gasteiger partial charge in [0.05, 0.1) is 19.1 Å². The standard InChI is InChI=1S/C12H20N2O4/c1-13-10-7-18-6-9(10)12(17)14(5-11(15)16)4-8-2-3-8/h8-10,13H,2-7H2,1H3,(H,15,16).